The Labute approximate surface area is 142 Å². The molecule has 3 rings (SSSR count). The summed E-state index contributed by atoms with van der Waals surface area (Å²) in [5.41, 5.74) is 0. The van der Waals surface area contributed by atoms with Gasteiger partial charge in [0.25, 0.3) is 0 Å². The van der Waals surface area contributed by atoms with E-state index in [0.29, 0.717) is 6.54 Å². The molecule has 1 atom stereocenters. The molecule has 2 heterocycles. The molecule has 1 saturated heterocycles. The number of aromatic nitrogens is 3. The number of aromatic amines is 1. The molecule has 1 aromatic heterocycles. The predicted octanol–water partition coefficient (Wildman–Crippen LogP) is 2.06. The summed E-state index contributed by atoms with van der Waals surface area (Å²) >= 11 is 1.61. The maximum Gasteiger partial charge on any atom is 0.224 e. The Balaban J connectivity index is 1.38. The highest BCUT2D eigenvalue weighted by Gasteiger charge is 2.30. The molecule has 2 N–H and O–H groups in total. The van der Waals surface area contributed by atoms with E-state index in [1.165, 1.54) is 38.6 Å². The maximum atomic E-state index is 12.4. The number of nitrogens with zero attached hydrogens (tertiary/aromatic N) is 3. The van der Waals surface area contributed by atoms with E-state index in [1.54, 1.807) is 18.0 Å². The highest BCUT2D eigenvalue weighted by Crippen LogP contribution is 2.27. The van der Waals surface area contributed by atoms with E-state index < -0.39 is 0 Å². The molecule has 1 aliphatic heterocycles. The summed E-state index contributed by atoms with van der Waals surface area (Å²) in [7, 11) is 0. The van der Waals surface area contributed by atoms with Crippen molar-refractivity contribution in [3.8, 4) is 0 Å². The molecule has 128 valence electrons. The van der Waals surface area contributed by atoms with E-state index in [1.807, 2.05) is 0 Å². The molecule has 1 amide bonds. The number of H-pyrrole nitrogens is 1. The van der Waals surface area contributed by atoms with Gasteiger partial charge in [0.15, 0.2) is 0 Å². The molecule has 0 bridgehead atoms. The van der Waals surface area contributed by atoms with Gasteiger partial charge in [-0.3, -0.25) is 9.69 Å². The van der Waals surface area contributed by atoms with Crippen molar-refractivity contribution in [3.63, 3.8) is 0 Å². The molecule has 2 fully saturated rings. The van der Waals surface area contributed by atoms with E-state index in [2.05, 4.69) is 25.6 Å². The zero-order valence-corrected chi connectivity index (χ0v) is 14.5. The number of carbonyl (C=O) groups excluding carboxylic acids is 1. The molecular formula is C16H27N5OS. The normalized spacial score (nSPS) is 23.7. The molecule has 0 aromatic carbocycles. The highest BCUT2D eigenvalue weighted by molar-refractivity contribution is 7.99. The first-order valence-corrected chi connectivity index (χ1v) is 9.82. The largest absolute Gasteiger partial charge is 0.355 e. The van der Waals surface area contributed by atoms with Crippen LogP contribution in [0.1, 0.15) is 44.9 Å². The van der Waals surface area contributed by atoms with E-state index >= 15 is 0 Å². The first-order valence-electron chi connectivity index (χ1n) is 8.83. The molecule has 7 heteroatoms. The lowest BCUT2D eigenvalue weighted by molar-refractivity contribution is -0.127. The van der Waals surface area contributed by atoms with Crippen LogP contribution in [0.25, 0.3) is 0 Å². The van der Waals surface area contributed by atoms with Crippen LogP contribution < -0.4 is 5.32 Å². The minimum Gasteiger partial charge on any atom is -0.355 e. The van der Waals surface area contributed by atoms with Crippen molar-refractivity contribution in [1.29, 1.82) is 0 Å². The van der Waals surface area contributed by atoms with Gasteiger partial charge in [-0.05, 0) is 32.2 Å². The Bertz CT molecular complexity index is 475. The minimum atomic E-state index is 0.169. The summed E-state index contributed by atoms with van der Waals surface area (Å²) in [4.78, 5) is 15.0. The van der Waals surface area contributed by atoms with Gasteiger partial charge in [-0.1, -0.05) is 19.3 Å². The third-order valence-electron chi connectivity index (χ3n) is 4.96. The lowest BCUT2D eigenvalue weighted by Crippen LogP contribution is -2.47. The van der Waals surface area contributed by atoms with Gasteiger partial charge < -0.3 is 5.32 Å². The summed E-state index contributed by atoms with van der Waals surface area (Å²) in [6.45, 7) is 2.82. The van der Waals surface area contributed by atoms with Gasteiger partial charge in [0, 0.05) is 24.9 Å². The number of likely N-dealkylation sites (tertiary alicyclic amines) is 1. The van der Waals surface area contributed by atoms with Crippen LogP contribution in [-0.2, 0) is 4.79 Å². The Hall–Kier alpha value is -1.08. The van der Waals surface area contributed by atoms with E-state index in [-0.39, 0.29) is 11.8 Å². The quantitative estimate of drug-likeness (QED) is 0.614. The number of hydrogen-bond acceptors (Lipinski definition) is 5. The van der Waals surface area contributed by atoms with Gasteiger partial charge in [-0.2, -0.15) is 10.3 Å². The summed E-state index contributed by atoms with van der Waals surface area (Å²) in [6, 6.07) is 0.724. The summed E-state index contributed by atoms with van der Waals surface area (Å²) in [6.07, 6.45) is 10.6. The second-order valence-corrected chi connectivity index (χ2v) is 7.69. The molecule has 1 aromatic rings. The van der Waals surface area contributed by atoms with Crippen molar-refractivity contribution >= 4 is 17.7 Å². The van der Waals surface area contributed by atoms with Crippen LogP contribution in [0.5, 0.6) is 0 Å². The third-order valence-corrected chi connectivity index (χ3v) is 5.86. The standard InChI is InChI=1S/C16H27N5OS/c22-16(17-8-10-23-15-11-18-20-19-15)13-5-4-9-21(12-13)14-6-2-1-3-7-14/h11,13-14H,1-10,12H2,(H,17,22)(H,18,19,20)/t13-/m0/s1. The fourth-order valence-electron chi connectivity index (χ4n) is 3.73. The zero-order valence-electron chi connectivity index (χ0n) is 13.7. The van der Waals surface area contributed by atoms with Crippen LogP contribution >= 0.6 is 11.8 Å². The van der Waals surface area contributed by atoms with Gasteiger partial charge in [0.1, 0.15) is 5.03 Å². The lowest BCUT2D eigenvalue weighted by Gasteiger charge is -2.39. The molecule has 2 aliphatic rings. The van der Waals surface area contributed by atoms with E-state index in [9.17, 15) is 4.79 Å². The third kappa shape index (κ3) is 4.94. The molecule has 0 spiro atoms. The second-order valence-electron chi connectivity index (χ2n) is 6.57. The molecule has 1 saturated carbocycles. The van der Waals surface area contributed by atoms with Crippen molar-refractivity contribution in [3.05, 3.63) is 6.20 Å². The number of nitrogens with one attached hydrogen (secondary N) is 2. The molecule has 0 unspecified atom stereocenters. The van der Waals surface area contributed by atoms with Gasteiger partial charge in [0.2, 0.25) is 5.91 Å². The number of carbonyl (C=O) groups is 1. The van der Waals surface area contributed by atoms with Crippen LogP contribution in [0.3, 0.4) is 0 Å². The summed E-state index contributed by atoms with van der Waals surface area (Å²) in [5.74, 6) is 1.23. The minimum absolute atomic E-state index is 0.169. The van der Waals surface area contributed by atoms with Crippen molar-refractivity contribution in [2.45, 2.75) is 56.0 Å². The Morgan fingerprint density at radius 1 is 1.30 bits per heavy atom. The SMILES string of the molecule is O=C(NCCSc1cn[nH]n1)[C@H]1CCCN(C2CCCCC2)C1. The van der Waals surface area contributed by atoms with Gasteiger partial charge in [-0.25, -0.2) is 0 Å². The monoisotopic (exact) mass is 337 g/mol. The molecule has 1 aliphatic carbocycles. The topological polar surface area (TPSA) is 73.9 Å². The Morgan fingerprint density at radius 3 is 2.96 bits per heavy atom. The molecule has 6 nitrogen and oxygen atoms in total. The summed E-state index contributed by atoms with van der Waals surface area (Å²) in [5, 5.41) is 14.3. The first-order chi connectivity index (χ1) is 11.3. The van der Waals surface area contributed by atoms with Crippen molar-refractivity contribution < 1.29 is 4.79 Å². The van der Waals surface area contributed by atoms with Crippen LogP contribution in [0, 0.1) is 5.92 Å². The first kappa shape index (κ1) is 16.8. The van der Waals surface area contributed by atoms with Gasteiger partial charge >= 0.3 is 0 Å². The fourth-order valence-corrected chi connectivity index (χ4v) is 4.38. The van der Waals surface area contributed by atoms with Gasteiger partial charge in [0.05, 0.1) is 12.1 Å². The van der Waals surface area contributed by atoms with Crippen LogP contribution in [0.4, 0.5) is 0 Å². The predicted molar refractivity (Wildman–Crippen MR) is 91.3 cm³/mol. The average molecular weight is 337 g/mol. The number of thioether (sulfide) groups is 1. The smallest absolute Gasteiger partial charge is 0.224 e. The van der Waals surface area contributed by atoms with E-state index in [0.717, 1.165) is 36.2 Å². The number of rotatable bonds is 6. The van der Waals surface area contributed by atoms with Crippen LogP contribution in [0.15, 0.2) is 11.2 Å². The number of amides is 1. The molecule has 0 radical (unpaired) electrons. The highest BCUT2D eigenvalue weighted by atomic mass is 32.2. The number of piperidine rings is 1. The van der Waals surface area contributed by atoms with Crippen LogP contribution in [0.2, 0.25) is 0 Å². The summed E-state index contributed by atoms with van der Waals surface area (Å²) < 4.78 is 0. The molecule has 23 heavy (non-hydrogen) atoms. The lowest BCUT2D eigenvalue weighted by atomic mass is 9.90. The molecular weight excluding hydrogens is 310 g/mol. The number of hydrogen-bond donors (Lipinski definition) is 2. The fraction of sp³-hybridized carbons (Fsp3) is 0.812. The van der Waals surface area contributed by atoms with E-state index in [4.69, 9.17) is 0 Å². The van der Waals surface area contributed by atoms with Crippen LogP contribution in [-0.4, -0.2) is 57.6 Å². The second kappa shape index (κ2) is 8.68. The maximum absolute atomic E-state index is 12.4. The Morgan fingerprint density at radius 2 is 2.17 bits per heavy atom. The van der Waals surface area contributed by atoms with Crippen molar-refractivity contribution in [2.24, 2.45) is 5.92 Å². The van der Waals surface area contributed by atoms with Crippen molar-refractivity contribution in [1.82, 2.24) is 25.6 Å². The van der Waals surface area contributed by atoms with Crippen molar-refractivity contribution in [2.75, 3.05) is 25.4 Å². The zero-order chi connectivity index (χ0) is 15.9. The van der Waals surface area contributed by atoms with Gasteiger partial charge in [-0.15, -0.1) is 16.9 Å². The average Bonchev–Trinajstić information content (AvgIpc) is 3.13. The Kier molecular flexibility index (Phi) is 6.33.